The predicted molar refractivity (Wildman–Crippen MR) is 119 cm³/mol. The number of nitrogens with one attached hydrogen (secondary N) is 1. The van der Waals surface area contributed by atoms with E-state index in [0.29, 0.717) is 5.75 Å². The zero-order chi connectivity index (χ0) is 20.3. The second kappa shape index (κ2) is 9.07. The second-order valence-electron chi connectivity index (χ2n) is 6.70. The van der Waals surface area contributed by atoms with E-state index >= 15 is 0 Å². The molecule has 0 bridgehead atoms. The molecule has 0 radical (unpaired) electrons. The molecule has 3 rings (SSSR count). The maximum atomic E-state index is 5.76. The van der Waals surface area contributed by atoms with Crippen LogP contribution in [0.1, 0.15) is 44.7 Å². The fraction of sp³-hybridized carbons (Fsp3) is 0.500. The number of nitrogens with zero attached hydrogens (tertiary/aromatic N) is 3. The summed E-state index contributed by atoms with van der Waals surface area (Å²) in [5, 5.41) is 3.44. The largest absolute Gasteiger partial charge is 0.497 e. The molecule has 2 heterocycles. The molecule has 0 saturated carbocycles. The second-order valence-corrected chi connectivity index (χ2v) is 8.38. The van der Waals surface area contributed by atoms with Crippen LogP contribution in [0.3, 0.4) is 0 Å². The lowest BCUT2D eigenvalue weighted by atomic mass is 10.2. The van der Waals surface area contributed by atoms with Crippen molar-refractivity contribution in [3.63, 3.8) is 0 Å². The summed E-state index contributed by atoms with van der Waals surface area (Å²) in [6.45, 7) is 8.42. The van der Waals surface area contributed by atoms with Gasteiger partial charge in [0, 0.05) is 19.2 Å². The predicted octanol–water partition coefficient (Wildman–Crippen LogP) is 5.25. The lowest BCUT2D eigenvalue weighted by Crippen LogP contribution is -2.33. The van der Waals surface area contributed by atoms with Crippen LogP contribution in [0.5, 0.6) is 11.5 Å². The molecule has 1 aliphatic rings. The van der Waals surface area contributed by atoms with E-state index in [1.807, 2.05) is 25.1 Å². The monoisotopic (exact) mass is 420 g/mol. The Balaban J connectivity index is 2.13. The first-order valence-electron chi connectivity index (χ1n) is 9.57. The summed E-state index contributed by atoms with van der Waals surface area (Å²) in [7, 11) is 3.31. The molecule has 0 fully saturated rings. The maximum Gasteiger partial charge on any atom is 0.167 e. The minimum absolute atomic E-state index is 0.00616. The molecule has 0 amide bonds. The lowest BCUT2D eigenvalue weighted by Gasteiger charge is -2.31. The highest BCUT2D eigenvalue weighted by atomic mass is 32.1. The van der Waals surface area contributed by atoms with E-state index in [-0.39, 0.29) is 6.17 Å². The SMILES string of the molecule is CCCN(CCC)C1N=C(C)Nc2c1sc(=S)n2-c1ccc(OC)cc1OC. The Morgan fingerprint density at radius 1 is 1.21 bits per heavy atom. The van der Waals surface area contributed by atoms with E-state index in [4.69, 9.17) is 26.7 Å². The van der Waals surface area contributed by atoms with Gasteiger partial charge in [0.05, 0.1) is 24.8 Å². The zero-order valence-electron chi connectivity index (χ0n) is 17.1. The van der Waals surface area contributed by atoms with Crippen LogP contribution in [0.25, 0.3) is 5.69 Å². The van der Waals surface area contributed by atoms with Gasteiger partial charge in [0.15, 0.2) is 3.95 Å². The van der Waals surface area contributed by atoms with Crippen molar-refractivity contribution < 1.29 is 9.47 Å². The van der Waals surface area contributed by atoms with Crippen molar-refractivity contribution in [2.75, 3.05) is 32.6 Å². The molecule has 1 unspecified atom stereocenters. The number of aromatic nitrogens is 1. The Kier molecular flexibility index (Phi) is 6.74. The zero-order valence-corrected chi connectivity index (χ0v) is 18.7. The number of aliphatic imine (C=N–C) groups is 1. The molecule has 1 atom stereocenters. The van der Waals surface area contributed by atoms with Gasteiger partial charge in [0.2, 0.25) is 0 Å². The van der Waals surface area contributed by atoms with Crippen LogP contribution >= 0.6 is 23.6 Å². The highest BCUT2D eigenvalue weighted by Crippen LogP contribution is 2.41. The van der Waals surface area contributed by atoms with Crippen LogP contribution < -0.4 is 14.8 Å². The maximum absolute atomic E-state index is 5.76. The molecule has 1 aromatic carbocycles. The van der Waals surface area contributed by atoms with Gasteiger partial charge in [0.1, 0.15) is 29.3 Å². The summed E-state index contributed by atoms with van der Waals surface area (Å²) in [5.41, 5.74) is 0.893. The van der Waals surface area contributed by atoms with Crippen molar-refractivity contribution in [1.82, 2.24) is 9.47 Å². The van der Waals surface area contributed by atoms with Crippen LogP contribution in [0.15, 0.2) is 23.2 Å². The summed E-state index contributed by atoms with van der Waals surface area (Å²) in [5.74, 6) is 3.34. The van der Waals surface area contributed by atoms with Gasteiger partial charge in [-0.3, -0.25) is 9.47 Å². The van der Waals surface area contributed by atoms with E-state index < -0.39 is 0 Å². The van der Waals surface area contributed by atoms with Crippen LogP contribution in [0.2, 0.25) is 0 Å². The number of hydrogen-bond acceptors (Lipinski definition) is 7. The topological polar surface area (TPSA) is 51.0 Å². The van der Waals surface area contributed by atoms with Crippen LogP contribution in [0.4, 0.5) is 5.82 Å². The molecule has 1 aliphatic heterocycles. The average Bonchev–Trinajstić information content (AvgIpc) is 3.02. The van der Waals surface area contributed by atoms with Crippen LogP contribution in [0, 0.1) is 3.95 Å². The first-order chi connectivity index (χ1) is 13.5. The molecule has 0 aliphatic carbocycles. The first-order valence-corrected chi connectivity index (χ1v) is 10.8. The Morgan fingerprint density at radius 3 is 2.54 bits per heavy atom. The molecule has 1 N–H and O–H groups in total. The summed E-state index contributed by atoms with van der Waals surface area (Å²) >= 11 is 7.37. The number of amidine groups is 1. The molecular weight excluding hydrogens is 392 g/mol. The third kappa shape index (κ3) is 3.94. The molecule has 0 spiro atoms. The standard InChI is InChI=1S/C20H28N4O2S2/c1-6-10-23(11-7-2)18-17-19(22-13(3)21-18)24(20(27)28-17)15-9-8-14(25-4)12-16(15)26-5/h8-9,12,18H,6-7,10-11H2,1-5H3,(H,21,22). The van der Waals surface area contributed by atoms with Crippen molar-refractivity contribution in [2.45, 2.75) is 39.8 Å². The van der Waals surface area contributed by atoms with Crippen molar-refractivity contribution in [3.05, 3.63) is 27.0 Å². The van der Waals surface area contributed by atoms with Crippen molar-refractivity contribution in [2.24, 2.45) is 4.99 Å². The van der Waals surface area contributed by atoms with Gasteiger partial charge in [-0.15, -0.1) is 11.3 Å². The van der Waals surface area contributed by atoms with Gasteiger partial charge in [-0.05, 0) is 44.1 Å². The highest BCUT2D eigenvalue weighted by molar-refractivity contribution is 7.73. The summed E-state index contributed by atoms with van der Waals surface area (Å²) in [6, 6.07) is 5.78. The summed E-state index contributed by atoms with van der Waals surface area (Å²) in [4.78, 5) is 8.49. The Labute approximate surface area is 175 Å². The van der Waals surface area contributed by atoms with Gasteiger partial charge in [-0.25, -0.2) is 4.99 Å². The number of methoxy groups -OCH3 is 2. The Hall–Kier alpha value is -1.90. The first kappa shape index (κ1) is 20.8. The number of thiazole rings is 1. The number of anilines is 1. The van der Waals surface area contributed by atoms with Gasteiger partial charge in [-0.1, -0.05) is 13.8 Å². The third-order valence-electron chi connectivity index (χ3n) is 4.68. The number of hydrogen-bond donors (Lipinski definition) is 1. The number of rotatable bonds is 8. The molecule has 8 heteroatoms. The molecule has 1 aromatic heterocycles. The van der Waals surface area contributed by atoms with Crippen LogP contribution in [-0.4, -0.2) is 42.6 Å². The third-order valence-corrected chi connectivity index (χ3v) is 6.10. The number of fused-ring (bicyclic) bond motifs is 1. The fourth-order valence-corrected chi connectivity index (χ4v) is 4.97. The van der Waals surface area contributed by atoms with Crippen molar-refractivity contribution in [3.8, 4) is 17.2 Å². The number of ether oxygens (including phenoxy) is 2. The van der Waals surface area contributed by atoms with Gasteiger partial charge >= 0.3 is 0 Å². The van der Waals surface area contributed by atoms with E-state index in [2.05, 4.69) is 28.6 Å². The van der Waals surface area contributed by atoms with Gasteiger partial charge in [-0.2, -0.15) is 0 Å². The molecular formula is C20H28N4O2S2. The van der Waals surface area contributed by atoms with Crippen molar-refractivity contribution >= 4 is 35.2 Å². The Bertz CT molecular complexity index is 913. The lowest BCUT2D eigenvalue weighted by molar-refractivity contribution is 0.205. The van der Waals surface area contributed by atoms with E-state index in [1.54, 1.807) is 25.6 Å². The molecule has 6 nitrogen and oxygen atoms in total. The van der Waals surface area contributed by atoms with Crippen molar-refractivity contribution in [1.29, 1.82) is 0 Å². The summed E-state index contributed by atoms with van der Waals surface area (Å²) < 4.78 is 13.8. The smallest absolute Gasteiger partial charge is 0.167 e. The fourth-order valence-electron chi connectivity index (χ4n) is 3.49. The average molecular weight is 421 g/mol. The van der Waals surface area contributed by atoms with Gasteiger partial charge < -0.3 is 14.8 Å². The number of benzene rings is 1. The molecule has 0 saturated heterocycles. The van der Waals surface area contributed by atoms with E-state index in [9.17, 15) is 0 Å². The normalized spacial score (nSPS) is 15.8. The van der Waals surface area contributed by atoms with Gasteiger partial charge in [0.25, 0.3) is 0 Å². The minimum Gasteiger partial charge on any atom is -0.497 e. The quantitative estimate of drug-likeness (QED) is 0.591. The molecule has 152 valence electrons. The summed E-state index contributed by atoms with van der Waals surface area (Å²) in [6.07, 6.45) is 2.17. The van der Waals surface area contributed by atoms with E-state index in [0.717, 1.165) is 57.9 Å². The van der Waals surface area contributed by atoms with Crippen LogP contribution in [-0.2, 0) is 0 Å². The minimum atomic E-state index is -0.00616. The molecule has 2 aromatic rings. The highest BCUT2D eigenvalue weighted by Gasteiger charge is 2.30. The Morgan fingerprint density at radius 2 is 1.93 bits per heavy atom. The molecule has 28 heavy (non-hydrogen) atoms. The van der Waals surface area contributed by atoms with E-state index in [1.165, 1.54) is 0 Å².